The summed E-state index contributed by atoms with van der Waals surface area (Å²) < 4.78 is 0. The highest BCUT2D eigenvalue weighted by Crippen LogP contribution is 2.17. The summed E-state index contributed by atoms with van der Waals surface area (Å²) in [5.41, 5.74) is 7.43. The zero-order chi connectivity index (χ0) is 14.5. The van der Waals surface area contributed by atoms with Gasteiger partial charge in [0.1, 0.15) is 5.82 Å². The number of rotatable bonds is 5. The topological polar surface area (TPSA) is 80.9 Å². The molecule has 0 bridgehead atoms. The molecule has 0 atom stereocenters. The van der Waals surface area contributed by atoms with Crippen LogP contribution in [-0.4, -0.2) is 15.9 Å². The number of hydrogen-bond acceptors (Lipinski definition) is 4. The first-order chi connectivity index (χ1) is 9.56. The first-order valence-corrected chi connectivity index (χ1v) is 6.51. The Labute approximate surface area is 122 Å². The predicted octanol–water partition coefficient (Wildman–Crippen LogP) is 1.83. The number of carbonyl (C=O) groups is 1. The monoisotopic (exact) mass is 290 g/mol. The second kappa shape index (κ2) is 6.45. The van der Waals surface area contributed by atoms with E-state index in [0.29, 0.717) is 23.7 Å². The number of halogens is 1. The molecule has 1 heterocycles. The van der Waals surface area contributed by atoms with Gasteiger partial charge in [0.2, 0.25) is 5.91 Å². The number of benzene rings is 1. The van der Waals surface area contributed by atoms with E-state index in [1.165, 1.54) is 0 Å². The van der Waals surface area contributed by atoms with Crippen molar-refractivity contribution >= 4 is 17.5 Å². The van der Waals surface area contributed by atoms with Crippen molar-refractivity contribution in [3.05, 3.63) is 58.1 Å². The molecule has 5 nitrogen and oxygen atoms in total. The van der Waals surface area contributed by atoms with Crippen LogP contribution in [0.5, 0.6) is 0 Å². The van der Waals surface area contributed by atoms with E-state index in [4.69, 9.17) is 17.3 Å². The van der Waals surface area contributed by atoms with Crippen LogP contribution in [0, 0.1) is 6.92 Å². The number of nitrogens with zero attached hydrogens (tertiary/aromatic N) is 2. The van der Waals surface area contributed by atoms with Crippen LogP contribution in [0.2, 0.25) is 5.02 Å². The summed E-state index contributed by atoms with van der Waals surface area (Å²) in [5, 5.41) is 3.76. The summed E-state index contributed by atoms with van der Waals surface area (Å²) in [6, 6.07) is 6.90. The SMILES string of the molecule is Cc1nccc(CNCc2ccc(C(N)=O)cc2Cl)n1. The Morgan fingerprint density at radius 2 is 2.15 bits per heavy atom. The third kappa shape index (κ3) is 3.76. The van der Waals surface area contributed by atoms with Crippen LogP contribution in [0.15, 0.2) is 30.5 Å². The molecule has 1 aromatic carbocycles. The Hall–Kier alpha value is -1.98. The van der Waals surface area contributed by atoms with E-state index < -0.39 is 5.91 Å². The van der Waals surface area contributed by atoms with Gasteiger partial charge in [-0.3, -0.25) is 4.79 Å². The van der Waals surface area contributed by atoms with Gasteiger partial charge < -0.3 is 11.1 Å². The smallest absolute Gasteiger partial charge is 0.248 e. The second-order valence-corrected chi connectivity index (χ2v) is 4.78. The van der Waals surface area contributed by atoms with E-state index >= 15 is 0 Å². The quantitative estimate of drug-likeness (QED) is 0.880. The summed E-state index contributed by atoms with van der Waals surface area (Å²) in [7, 11) is 0. The standard InChI is InChI=1S/C14H15ClN4O/c1-9-18-5-4-12(19-9)8-17-7-11-3-2-10(14(16)20)6-13(11)15/h2-6,17H,7-8H2,1H3,(H2,16,20). The maximum atomic E-state index is 11.0. The minimum atomic E-state index is -0.483. The molecule has 0 fully saturated rings. The Morgan fingerprint density at radius 1 is 1.35 bits per heavy atom. The molecule has 0 aliphatic heterocycles. The van der Waals surface area contributed by atoms with Gasteiger partial charge in [0.15, 0.2) is 0 Å². The van der Waals surface area contributed by atoms with Gasteiger partial charge in [0.25, 0.3) is 0 Å². The van der Waals surface area contributed by atoms with Gasteiger partial charge in [0, 0.05) is 29.9 Å². The first kappa shape index (κ1) is 14.4. The van der Waals surface area contributed by atoms with Crippen LogP contribution in [0.3, 0.4) is 0 Å². The molecule has 1 amide bonds. The van der Waals surface area contributed by atoms with Crippen molar-refractivity contribution < 1.29 is 4.79 Å². The minimum absolute atomic E-state index is 0.408. The molecule has 104 valence electrons. The Balaban J connectivity index is 1.96. The fourth-order valence-corrected chi connectivity index (χ4v) is 2.02. The maximum Gasteiger partial charge on any atom is 0.248 e. The Bertz CT molecular complexity index is 630. The predicted molar refractivity (Wildman–Crippen MR) is 77.3 cm³/mol. The summed E-state index contributed by atoms with van der Waals surface area (Å²) in [4.78, 5) is 19.4. The fourth-order valence-electron chi connectivity index (χ4n) is 1.77. The third-order valence-corrected chi connectivity index (χ3v) is 3.14. The van der Waals surface area contributed by atoms with E-state index in [0.717, 1.165) is 17.1 Å². The van der Waals surface area contributed by atoms with Crippen molar-refractivity contribution in [2.75, 3.05) is 0 Å². The molecule has 0 spiro atoms. The minimum Gasteiger partial charge on any atom is -0.366 e. The number of primary amides is 1. The molecule has 0 aliphatic rings. The number of nitrogens with two attached hydrogens (primary N) is 1. The molecule has 6 heteroatoms. The molecule has 2 rings (SSSR count). The highest BCUT2D eigenvalue weighted by molar-refractivity contribution is 6.31. The van der Waals surface area contributed by atoms with Crippen LogP contribution in [-0.2, 0) is 13.1 Å². The lowest BCUT2D eigenvalue weighted by molar-refractivity contribution is 0.100. The summed E-state index contributed by atoms with van der Waals surface area (Å²) in [5.74, 6) is 0.260. The second-order valence-electron chi connectivity index (χ2n) is 4.37. The molecule has 3 N–H and O–H groups in total. The lowest BCUT2D eigenvalue weighted by atomic mass is 10.1. The van der Waals surface area contributed by atoms with Gasteiger partial charge in [0.05, 0.1) is 5.69 Å². The highest BCUT2D eigenvalue weighted by Gasteiger charge is 2.05. The van der Waals surface area contributed by atoms with Gasteiger partial charge in [-0.1, -0.05) is 17.7 Å². The molecular formula is C14H15ClN4O. The van der Waals surface area contributed by atoms with Gasteiger partial charge in [-0.05, 0) is 30.7 Å². The van der Waals surface area contributed by atoms with Crippen LogP contribution in [0.25, 0.3) is 0 Å². The normalized spacial score (nSPS) is 10.5. The lowest BCUT2D eigenvalue weighted by Gasteiger charge is -2.07. The molecule has 0 saturated carbocycles. The Kier molecular flexibility index (Phi) is 4.65. The number of amides is 1. The molecule has 2 aromatic rings. The van der Waals surface area contributed by atoms with Crippen molar-refractivity contribution in [3.63, 3.8) is 0 Å². The number of aryl methyl sites for hydroxylation is 1. The number of hydrogen-bond donors (Lipinski definition) is 2. The van der Waals surface area contributed by atoms with Gasteiger partial charge in [-0.15, -0.1) is 0 Å². The highest BCUT2D eigenvalue weighted by atomic mass is 35.5. The van der Waals surface area contributed by atoms with Crippen LogP contribution >= 0.6 is 11.6 Å². The first-order valence-electron chi connectivity index (χ1n) is 6.14. The van der Waals surface area contributed by atoms with Gasteiger partial charge in [-0.25, -0.2) is 9.97 Å². The van der Waals surface area contributed by atoms with Gasteiger partial charge >= 0.3 is 0 Å². The molecule has 0 unspecified atom stereocenters. The van der Waals surface area contributed by atoms with Crippen molar-refractivity contribution in [2.24, 2.45) is 5.73 Å². The van der Waals surface area contributed by atoms with Crippen molar-refractivity contribution in [2.45, 2.75) is 20.0 Å². The van der Waals surface area contributed by atoms with Crippen molar-refractivity contribution in [3.8, 4) is 0 Å². The van der Waals surface area contributed by atoms with Crippen LogP contribution < -0.4 is 11.1 Å². The molecule has 20 heavy (non-hydrogen) atoms. The van der Waals surface area contributed by atoms with Gasteiger partial charge in [-0.2, -0.15) is 0 Å². The Morgan fingerprint density at radius 3 is 2.80 bits per heavy atom. The van der Waals surface area contributed by atoms with E-state index in [1.807, 2.05) is 13.0 Å². The fraction of sp³-hybridized carbons (Fsp3) is 0.214. The average Bonchev–Trinajstić information content (AvgIpc) is 2.40. The van der Waals surface area contributed by atoms with E-state index in [1.54, 1.807) is 24.4 Å². The number of nitrogens with one attached hydrogen (secondary N) is 1. The summed E-state index contributed by atoms with van der Waals surface area (Å²) in [6.45, 7) is 3.06. The number of aromatic nitrogens is 2. The third-order valence-electron chi connectivity index (χ3n) is 2.79. The summed E-state index contributed by atoms with van der Waals surface area (Å²) in [6.07, 6.45) is 1.73. The zero-order valence-electron chi connectivity index (χ0n) is 11.1. The average molecular weight is 291 g/mol. The zero-order valence-corrected chi connectivity index (χ0v) is 11.8. The van der Waals surface area contributed by atoms with Crippen molar-refractivity contribution in [1.29, 1.82) is 0 Å². The lowest BCUT2D eigenvalue weighted by Crippen LogP contribution is -2.15. The molecular weight excluding hydrogens is 276 g/mol. The van der Waals surface area contributed by atoms with E-state index in [2.05, 4.69) is 15.3 Å². The molecule has 0 radical (unpaired) electrons. The van der Waals surface area contributed by atoms with E-state index in [-0.39, 0.29) is 0 Å². The van der Waals surface area contributed by atoms with Crippen LogP contribution in [0.1, 0.15) is 27.4 Å². The molecule has 0 aliphatic carbocycles. The van der Waals surface area contributed by atoms with Crippen molar-refractivity contribution in [1.82, 2.24) is 15.3 Å². The molecule has 1 aromatic heterocycles. The largest absolute Gasteiger partial charge is 0.366 e. The number of carbonyl (C=O) groups excluding carboxylic acids is 1. The van der Waals surface area contributed by atoms with E-state index in [9.17, 15) is 4.79 Å². The maximum absolute atomic E-state index is 11.0. The summed E-state index contributed by atoms with van der Waals surface area (Å²) >= 11 is 6.11. The van der Waals surface area contributed by atoms with Crippen LogP contribution in [0.4, 0.5) is 0 Å². The molecule has 0 saturated heterocycles.